The third-order valence-electron chi connectivity index (χ3n) is 1.78. The van der Waals surface area contributed by atoms with Crippen LogP contribution in [0.25, 0.3) is 0 Å². The fraction of sp³-hybridized carbons (Fsp3) is 0.625. The van der Waals surface area contributed by atoms with E-state index in [0.29, 0.717) is 0 Å². The Morgan fingerprint density at radius 2 is 1.69 bits per heavy atom. The van der Waals surface area contributed by atoms with E-state index >= 15 is 0 Å². The standard InChI is InChI=1S/C8H14O5/c1-5(2-9)7(8(12)13)6(3-10)4-11/h6,9-11H,2-4H2,1H3,(H,12,13). The Labute approximate surface area is 75.9 Å². The molecule has 4 N–H and O–H groups in total. The zero-order valence-electron chi connectivity index (χ0n) is 7.40. The molecule has 0 aliphatic rings. The van der Waals surface area contributed by atoms with Gasteiger partial charge in [-0.1, -0.05) is 0 Å². The van der Waals surface area contributed by atoms with Crippen LogP contribution in [0.5, 0.6) is 0 Å². The molecule has 0 radical (unpaired) electrons. The van der Waals surface area contributed by atoms with Gasteiger partial charge in [0.15, 0.2) is 0 Å². The zero-order chi connectivity index (χ0) is 10.4. The SMILES string of the molecule is CC(CO)=C(C(=O)O)C(CO)CO. The summed E-state index contributed by atoms with van der Waals surface area (Å²) in [6.45, 7) is 0.158. The molecule has 0 heterocycles. The van der Waals surface area contributed by atoms with E-state index < -0.39 is 31.7 Å². The first-order chi connectivity index (χ1) is 6.08. The first-order valence-electron chi connectivity index (χ1n) is 3.84. The minimum absolute atomic E-state index is 0.118. The Morgan fingerprint density at radius 1 is 1.23 bits per heavy atom. The minimum atomic E-state index is -1.22. The van der Waals surface area contributed by atoms with Gasteiger partial charge < -0.3 is 20.4 Å². The highest BCUT2D eigenvalue weighted by atomic mass is 16.4. The lowest BCUT2D eigenvalue weighted by atomic mass is 9.96. The number of aliphatic hydroxyl groups is 3. The number of carboxylic acid groups (broad SMARTS) is 1. The van der Waals surface area contributed by atoms with Crippen molar-refractivity contribution >= 4 is 5.97 Å². The van der Waals surface area contributed by atoms with Crippen molar-refractivity contribution in [3.63, 3.8) is 0 Å². The average Bonchev–Trinajstić information content (AvgIpc) is 2.12. The largest absolute Gasteiger partial charge is 0.478 e. The average molecular weight is 190 g/mol. The van der Waals surface area contributed by atoms with Gasteiger partial charge in [-0.2, -0.15) is 0 Å². The molecule has 0 saturated carbocycles. The first-order valence-corrected chi connectivity index (χ1v) is 3.84. The van der Waals surface area contributed by atoms with E-state index in [1.165, 1.54) is 6.92 Å². The Bertz CT molecular complexity index is 205. The fourth-order valence-corrected chi connectivity index (χ4v) is 1.03. The van der Waals surface area contributed by atoms with Gasteiger partial charge in [0.25, 0.3) is 0 Å². The van der Waals surface area contributed by atoms with Crippen LogP contribution in [-0.2, 0) is 4.79 Å². The quantitative estimate of drug-likeness (QED) is 0.416. The molecule has 0 aliphatic carbocycles. The first kappa shape index (κ1) is 12.1. The molecule has 0 saturated heterocycles. The highest BCUT2D eigenvalue weighted by Gasteiger charge is 2.21. The van der Waals surface area contributed by atoms with E-state index in [9.17, 15) is 4.79 Å². The number of carboxylic acids is 1. The molecule has 0 spiro atoms. The van der Waals surface area contributed by atoms with Crippen molar-refractivity contribution in [1.29, 1.82) is 0 Å². The molecule has 76 valence electrons. The molecular weight excluding hydrogens is 176 g/mol. The summed E-state index contributed by atoms with van der Waals surface area (Å²) in [5.41, 5.74) is 0.133. The Hall–Kier alpha value is -0.910. The summed E-state index contributed by atoms with van der Waals surface area (Å²) in [5.74, 6) is -2.05. The van der Waals surface area contributed by atoms with Crippen molar-refractivity contribution in [2.75, 3.05) is 19.8 Å². The molecular formula is C8H14O5. The molecule has 0 aromatic heterocycles. The minimum Gasteiger partial charge on any atom is -0.478 e. The summed E-state index contributed by atoms with van der Waals surface area (Å²) >= 11 is 0. The van der Waals surface area contributed by atoms with Crippen LogP contribution in [0.2, 0.25) is 0 Å². The van der Waals surface area contributed by atoms with Crippen LogP contribution >= 0.6 is 0 Å². The molecule has 5 nitrogen and oxygen atoms in total. The molecule has 0 rings (SSSR count). The Kier molecular flexibility index (Phi) is 5.29. The second-order valence-electron chi connectivity index (χ2n) is 2.72. The second-order valence-corrected chi connectivity index (χ2v) is 2.72. The van der Waals surface area contributed by atoms with E-state index in [2.05, 4.69) is 0 Å². The van der Waals surface area contributed by atoms with Crippen LogP contribution in [0.3, 0.4) is 0 Å². The molecule has 0 bridgehead atoms. The van der Waals surface area contributed by atoms with Gasteiger partial charge in [-0.05, 0) is 12.5 Å². The molecule has 0 fully saturated rings. The lowest BCUT2D eigenvalue weighted by Gasteiger charge is -2.14. The molecule has 0 unspecified atom stereocenters. The van der Waals surface area contributed by atoms with E-state index in [4.69, 9.17) is 20.4 Å². The number of aliphatic hydroxyl groups excluding tert-OH is 3. The third kappa shape index (κ3) is 3.14. The van der Waals surface area contributed by atoms with E-state index in [1.54, 1.807) is 0 Å². The van der Waals surface area contributed by atoms with Crippen molar-refractivity contribution in [2.24, 2.45) is 5.92 Å². The van der Waals surface area contributed by atoms with Gasteiger partial charge in [0.05, 0.1) is 19.8 Å². The van der Waals surface area contributed by atoms with Crippen molar-refractivity contribution in [2.45, 2.75) is 6.92 Å². The van der Waals surface area contributed by atoms with Crippen LogP contribution in [0.15, 0.2) is 11.1 Å². The van der Waals surface area contributed by atoms with Gasteiger partial charge in [0.2, 0.25) is 0 Å². The van der Waals surface area contributed by atoms with E-state index in [1.807, 2.05) is 0 Å². The number of carbonyl (C=O) groups is 1. The van der Waals surface area contributed by atoms with Gasteiger partial charge in [0, 0.05) is 11.5 Å². The maximum atomic E-state index is 10.7. The summed E-state index contributed by atoms with van der Waals surface area (Å²) in [4.78, 5) is 10.7. The highest BCUT2D eigenvalue weighted by Crippen LogP contribution is 2.15. The lowest BCUT2D eigenvalue weighted by molar-refractivity contribution is -0.133. The van der Waals surface area contributed by atoms with Gasteiger partial charge in [-0.25, -0.2) is 4.79 Å². The van der Waals surface area contributed by atoms with Crippen molar-refractivity contribution in [3.05, 3.63) is 11.1 Å². The summed E-state index contributed by atoms with van der Waals surface area (Å²) < 4.78 is 0. The third-order valence-corrected chi connectivity index (χ3v) is 1.78. The predicted octanol–water partition coefficient (Wildman–Crippen LogP) is -1.02. The Balaban J connectivity index is 4.89. The maximum absolute atomic E-state index is 10.7. The van der Waals surface area contributed by atoms with E-state index in [0.717, 1.165) is 0 Å². The van der Waals surface area contributed by atoms with Gasteiger partial charge in [0.1, 0.15) is 0 Å². The van der Waals surface area contributed by atoms with Crippen molar-refractivity contribution in [1.82, 2.24) is 0 Å². The molecule has 0 aromatic rings. The zero-order valence-corrected chi connectivity index (χ0v) is 7.40. The van der Waals surface area contributed by atoms with Crippen molar-refractivity contribution in [3.8, 4) is 0 Å². The van der Waals surface area contributed by atoms with Gasteiger partial charge in [-0.15, -0.1) is 0 Å². The fourth-order valence-electron chi connectivity index (χ4n) is 1.03. The summed E-state index contributed by atoms with van der Waals surface area (Å²) in [6, 6.07) is 0. The number of hydrogen-bond donors (Lipinski definition) is 4. The topological polar surface area (TPSA) is 98.0 Å². The maximum Gasteiger partial charge on any atom is 0.332 e. The van der Waals surface area contributed by atoms with Crippen molar-refractivity contribution < 1.29 is 25.2 Å². The second kappa shape index (κ2) is 5.69. The Morgan fingerprint density at radius 3 is 1.92 bits per heavy atom. The smallest absolute Gasteiger partial charge is 0.332 e. The number of rotatable bonds is 5. The highest BCUT2D eigenvalue weighted by molar-refractivity contribution is 5.88. The van der Waals surface area contributed by atoms with Crippen LogP contribution < -0.4 is 0 Å². The van der Waals surface area contributed by atoms with Crippen LogP contribution in [0.1, 0.15) is 6.92 Å². The van der Waals surface area contributed by atoms with Gasteiger partial charge >= 0.3 is 5.97 Å². The molecule has 13 heavy (non-hydrogen) atoms. The molecule has 0 amide bonds. The van der Waals surface area contributed by atoms with Crippen LogP contribution in [0, 0.1) is 5.92 Å². The molecule has 0 aromatic carbocycles. The lowest BCUT2D eigenvalue weighted by Crippen LogP contribution is -2.22. The summed E-state index contributed by atoms with van der Waals surface area (Å²) in [7, 11) is 0. The van der Waals surface area contributed by atoms with Crippen LogP contribution in [0.4, 0.5) is 0 Å². The van der Waals surface area contributed by atoms with Gasteiger partial charge in [-0.3, -0.25) is 0 Å². The monoisotopic (exact) mass is 190 g/mol. The summed E-state index contributed by atoms with van der Waals surface area (Å²) in [5, 5.41) is 34.9. The molecule has 5 heteroatoms. The summed E-state index contributed by atoms with van der Waals surface area (Å²) in [6.07, 6.45) is 0. The molecule has 0 aliphatic heterocycles. The number of hydrogen-bond acceptors (Lipinski definition) is 4. The predicted molar refractivity (Wildman–Crippen MR) is 45.1 cm³/mol. The normalized spacial score (nSPS) is 13.0. The van der Waals surface area contributed by atoms with E-state index in [-0.39, 0.29) is 11.1 Å². The number of aliphatic carboxylic acids is 1. The van der Waals surface area contributed by atoms with Crippen LogP contribution in [-0.4, -0.2) is 46.2 Å². The molecule has 0 atom stereocenters.